The number of rotatable bonds is 5. The zero-order chi connectivity index (χ0) is 16.4. The predicted octanol–water partition coefficient (Wildman–Crippen LogP) is 2.71. The van der Waals surface area contributed by atoms with Crippen molar-refractivity contribution in [1.82, 2.24) is 4.98 Å². The molecule has 0 aliphatic rings. The Morgan fingerprint density at radius 1 is 1.14 bits per heavy atom. The van der Waals surface area contributed by atoms with E-state index in [1.54, 1.807) is 6.07 Å². The molecular formula is C15H18ClNO4. The Morgan fingerprint density at radius 3 is 2.19 bits per heavy atom. The highest BCUT2D eigenvalue weighted by Crippen LogP contribution is 2.34. The van der Waals surface area contributed by atoms with Crippen molar-refractivity contribution in [3.05, 3.63) is 29.0 Å². The normalized spacial score (nSPS) is 11.9. The molecule has 0 saturated carbocycles. The molecule has 0 radical (unpaired) electrons. The fraction of sp³-hybridized carbons (Fsp3) is 0.467. The lowest BCUT2D eigenvalue weighted by atomic mass is 9.70. The number of ketones is 2. The lowest BCUT2D eigenvalue weighted by Crippen LogP contribution is -2.46. The van der Waals surface area contributed by atoms with Gasteiger partial charge in [0.15, 0.2) is 11.6 Å². The number of Topliss-reactive ketones (excluding diaryl/α,β-unsaturated/α-hetero) is 2. The molecular weight excluding hydrogens is 294 g/mol. The molecule has 0 aromatic carbocycles. The summed E-state index contributed by atoms with van der Waals surface area (Å²) in [5.74, 6) is -1.71. The van der Waals surface area contributed by atoms with Crippen LogP contribution in [-0.2, 0) is 14.3 Å². The van der Waals surface area contributed by atoms with Gasteiger partial charge in [-0.05, 0) is 39.8 Å². The van der Waals surface area contributed by atoms with Gasteiger partial charge in [0.1, 0.15) is 10.6 Å². The highest BCUT2D eigenvalue weighted by Gasteiger charge is 2.49. The van der Waals surface area contributed by atoms with Crippen molar-refractivity contribution in [2.45, 2.75) is 27.7 Å². The minimum atomic E-state index is -1.43. The Bertz CT molecular complexity index is 593. The summed E-state index contributed by atoms with van der Waals surface area (Å²) in [5.41, 5.74) is -2.70. The third-order valence-electron chi connectivity index (χ3n) is 3.40. The van der Waals surface area contributed by atoms with Gasteiger partial charge in [-0.25, -0.2) is 4.98 Å². The van der Waals surface area contributed by atoms with Gasteiger partial charge < -0.3 is 4.74 Å². The lowest BCUT2D eigenvalue weighted by molar-refractivity contribution is -0.157. The maximum atomic E-state index is 12.6. The van der Waals surface area contributed by atoms with Crippen molar-refractivity contribution < 1.29 is 19.1 Å². The van der Waals surface area contributed by atoms with Crippen molar-refractivity contribution in [2.75, 3.05) is 7.11 Å². The molecule has 6 heteroatoms. The van der Waals surface area contributed by atoms with Crippen LogP contribution in [0, 0.1) is 10.8 Å². The number of ether oxygens (including phenoxy) is 1. The van der Waals surface area contributed by atoms with Gasteiger partial charge in [0.05, 0.1) is 18.1 Å². The quantitative estimate of drug-likeness (QED) is 0.362. The Labute approximate surface area is 128 Å². The van der Waals surface area contributed by atoms with Crippen LogP contribution >= 0.6 is 11.6 Å². The molecule has 0 aliphatic heterocycles. The van der Waals surface area contributed by atoms with Crippen molar-refractivity contribution in [3.8, 4) is 0 Å². The molecule has 114 valence electrons. The lowest BCUT2D eigenvalue weighted by Gasteiger charge is -2.30. The number of nitrogens with zero attached hydrogens (tertiary/aromatic N) is 1. The number of carbonyl (C=O) groups excluding carboxylic acids is 3. The number of hydrogen-bond donors (Lipinski definition) is 0. The third kappa shape index (κ3) is 3.13. The average molecular weight is 312 g/mol. The summed E-state index contributed by atoms with van der Waals surface area (Å²) < 4.78 is 4.63. The molecule has 1 heterocycles. The smallest absolute Gasteiger partial charge is 0.318 e. The van der Waals surface area contributed by atoms with Crippen LogP contribution in [0.1, 0.15) is 38.1 Å². The number of halogens is 1. The summed E-state index contributed by atoms with van der Waals surface area (Å²) in [4.78, 5) is 40.8. The van der Waals surface area contributed by atoms with E-state index in [-0.39, 0.29) is 10.7 Å². The Balaban J connectivity index is 3.22. The molecule has 0 amide bonds. The van der Waals surface area contributed by atoms with Gasteiger partial charge in [-0.15, -0.1) is 0 Å². The summed E-state index contributed by atoms with van der Waals surface area (Å²) in [6.45, 7) is 5.79. The van der Waals surface area contributed by atoms with Crippen LogP contribution in [0.25, 0.3) is 0 Å². The van der Waals surface area contributed by atoms with Crippen LogP contribution in [0.2, 0.25) is 5.15 Å². The van der Waals surface area contributed by atoms with Crippen molar-refractivity contribution in [2.24, 2.45) is 10.8 Å². The highest BCUT2D eigenvalue weighted by atomic mass is 35.5. The van der Waals surface area contributed by atoms with E-state index in [9.17, 15) is 14.4 Å². The zero-order valence-electron chi connectivity index (χ0n) is 12.7. The SMILES string of the molecule is COC(=O)C(C)(C)C(=O)C(C)(C)C(=O)c1cccnc1Cl. The van der Waals surface area contributed by atoms with Gasteiger partial charge in [-0.1, -0.05) is 11.6 Å². The summed E-state index contributed by atoms with van der Waals surface area (Å²) in [6, 6.07) is 3.06. The number of hydrogen-bond acceptors (Lipinski definition) is 5. The number of pyridine rings is 1. The first kappa shape index (κ1) is 17.3. The maximum Gasteiger partial charge on any atom is 0.318 e. The van der Waals surface area contributed by atoms with Gasteiger partial charge in [0.25, 0.3) is 0 Å². The minimum Gasteiger partial charge on any atom is -0.468 e. The summed E-state index contributed by atoms with van der Waals surface area (Å²) in [6.07, 6.45) is 1.45. The average Bonchev–Trinajstić information content (AvgIpc) is 2.45. The van der Waals surface area contributed by atoms with Gasteiger partial charge in [-0.3, -0.25) is 14.4 Å². The first-order valence-electron chi connectivity index (χ1n) is 6.35. The van der Waals surface area contributed by atoms with E-state index in [1.807, 2.05) is 0 Å². The number of esters is 1. The van der Waals surface area contributed by atoms with E-state index in [1.165, 1.54) is 47.1 Å². The van der Waals surface area contributed by atoms with Crippen LogP contribution in [0.3, 0.4) is 0 Å². The molecule has 0 unspecified atom stereocenters. The molecule has 1 aromatic heterocycles. The monoisotopic (exact) mass is 311 g/mol. The predicted molar refractivity (Wildman–Crippen MR) is 78.2 cm³/mol. The first-order valence-corrected chi connectivity index (χ1v) is 6.73. The molecule has 1 aromatic rings. The summed E-state index contributed by atoms with van der Waals surface area (Å²) in [7, 11) is 1.20. The molecule has 21 heavy (non-hydrogen) atoms. The van der Waals surface area contributed by atoms with Gasteiger partial charge >= 0.3 is 5.97 Å². The van der Waals surface area contributed by atoms with Crippen LogP contribution < -0.4 is 0 Å². The van der Waals surface area contributed by atoms with Gasteiger partial charge in [-0.2, -0.15) is 0 Å². The summed E-state index contributed by atoms with van der Waals surface area (Å²) in [5, 5.41) is 0.0271. The number of aromatic nitrogens is 1. The largest absolute Gasteiger partial charge is 0.468 e. The van der Waals surface area contributed by atoms with E-state index in [0.717, 1.165) is 0 Å². The maximum absolute atomic E-state index is 12.6. The van der Waals surface area contributed by atoms with Crippen LogP contribution in [-0.4, -0.2) is 29.6 Å². The van der Waals surface area contributed by atoms with Gasteiger partial charge in [0, 0.05) is 6.20 Å². The molecule has 0 bridgehead atoms. The van der Waals surface area contributed by atoms with Crippen LogP contribution in [0.15, 0.2) is 18.3 Å². The topological polar surface area (TPSA) is 73.3 Å². The second kappa shape index (κ2) is 5.93. The van der Waals surface area contributed by atoms with Crippen molar-refractivity contribution >= 4 is 29.1 Å². The second-order valence-corrected chi connectivity index (χ2v) is 6.10. The molecule has 5 nitrogen and oxygen atoms in total. The second-order valence-electron chi connectivity index (χ2n) is 5.74. The fourth-order valence-electron chi connectivity index (χ4n) is 2.12. The highest BCUT2D eigenvalue weighted by molar-refractivity contribution is 6.34. The molecule has 0 aliphatic carbocycles. The van der Waals surface area contributed by atoms with Crippen LogP contribution in [0.4, 0.5) is 0 Å². The minimum absolute atomic E-state index is 0.0271. The van der Waals surface area contributed by atoms with Crippen LogP contribution in [0.5, 0.6) is 0 Å². The van der Waals surface area contributed by atoms with E-state index < -0.39 is 28.4 Å². The molecule has 0 N–H and O–H groups in total. The Hall–Kier alpha value is -1.75. The molecule has 0 spiro atoms. The molecule has 0 atom stereocenters. The Morgan fingerprint density at radius 2 is 1.71 bits per heavy atom. The van der Waals surface area contributed by atoms with Crippen molar-refractivity contribution in [3.63, 3.8) is 0 Å². The van der Waals surface area contributed by atoms with E-state index in [0.29, 0.717) is 0 Å². The number of carbonyl (C=O) groups is 3. The Kier molecular flexibility index (Phi) is 4.89. The standard InChI is InChI=1S/C15H18ClNO4/c1-14(2,12(19)15(3,4)13(20)21-5)10(18)9-7-6-8-17-11(9)16/h6-8H,1-5H3. The van der Waals surface area contributed by atoms with E-state index >= 15 is 0 Å². The number of methoxy groups -OCH3 is 1. The van der Waals surface area contributed by atoms with E-state index in [4.69, 9.17) is 11.6 Å². The van der Waals surface area contributed by atoms with Crippen molar-refractivity contribution in [1.29, 1.82) is 0 Å². The molecule has 0 saturated heterocycles. The van der Waals surface area contributed by atoms with E-state index in [2.05, 4.69) is 9.72 Å². The third-order valence-corrected chi connectivity index (χ3v) is 3.70. The molecule has 0 fully saturated rings. The molecule has 1 rings (SSSR count). The first-order chi connectivity index (χ1) is 9.56. The summed E-state index contributed by atoms with van der Waals surface area (Å²) >= 11 is 5.90. The van der Waals surface area contributed by atoms with Gasteiger partial charge in [0.2, 0.25) is 0 Å². The zero-order valence-corrected chi connectivity index (χ0v) is 13.4. The fourth-order valence-corrected chi connectivity index (χ4v) is 2.33.